The fraction of sp³-hybridized carbons (Fsp3) is 0.308. The summed E-state index contributed by atoms with van der Waals surface area (Å²) >= 11 is 0. The number of amides is 1. The largest absolute Gasteiger partial charge is 0.340 e. The van der Waals surface area contributed by atoms with Gasteiger partial charge >= 0.3 is 0 Å². The van der Waals surface area contributed by atoms with Crippen molar-refractivity contribution in [2.24, 2.45) is 0 Å². The molecule has 0 spiro atoms. The average Bonchev–Trinajstić information content (AvgIpc) is 2.45. The van der Waals surface area contributed by atoms with Gasteiger partial charge in [0.2, 0.25) is 0 Å². The van der Waals surface area contributed by atoms with Crippen LogP contribution in [0.5, 0.6) is 0 Å². The quantitative estimate of drug-likeness (QED) is 0.420. The molecule has 0 aliphatic rings. The van der Waals surface area contributed by atoms with Gasteiger partial charge in [0.1, 0.15) is 12.9 Å². The molecule has 0 saturated heterocycles. The van der Waals surface area contributed by atoms with Gasteiger partial charge in [0.05, 0.1) is 5.56 Å². The Morgan fingerprint density at radius 1 is 1.33 bits per heavy atom. The first kappa shape index (κ1) is 16.3. The van der Waals surface area contributed by atoms with Crippen LogP contribution in [0.15, 0.2) is 12.1 Å². The molecule has 8 nitrogen and oxygen atoms in total. The summed E-state index contributed by atoms with van der Waals surface area (Å²) < 4.78 is 0. The van der Waals surface area contributed by atoms with Crippen molar-refractivity contribution >= 4 is 18.5 Å². The number of carbonyl (C=O) groups is 3. The van der Waals surface area contributed by atoms with Crippen LogP contribution in [0.1, 0.15) is 36.6 Å². The van der Waals surface area contributed by atoms with Gasteiger partial charge in [-0.25, -0.2) is 0 Å². The van der Waals surface area contributed by atoms with Crippen LogP contribution in [0, 0.1) is 17.0 Å². The first-order valence-electron chi connectivity index (χ1n) is 5.98. The normalized spacial score (nSPS) is 9.81. The van der Waals surface area contributed by atoms with Crippen molar-refractivity contribution in [3.05, 3.63) is 44.5 Å². The zero-order valence-electron chi connectivity index (χ0n) is 11.6. The second-order valence-electron chi connectivity index (χ2n) is 4.32. The molecule has 8 heteroatoms. The Kier molecular flexibility index (Phi) is 5.53. The molecule has 0 unspecified atom stereocenters. The van der Waals surface area contributed by atoms with Gasteiger partial charge in [-0.15, -0.1) is 10.1 Å². The van der Waals surface area contributed by atoms with Crippen molar-refractivity contribution in [1.29, 1.82) is 0 Å². The Labute approximate surface area is 120 Å². The summed E-state index contributed by atoms with van der Waals surface area (Å²) in [5, 5.41) is 9.09. The predicted octanol–water partition coefficient (Wildman–Crippen LogP) is 0.900. The second-order valence-corrected chi connectivity index (χ2v) is 4.32. The smallest absolute Gasteiger partial charge is 0.294 e. The average molecular weight is 294 g/mol. The van der Waals surface area contributed by atoms with Crippen LogP contribution in [-0.2, 0) is 4.84 Å². The Morgan fingerprint density at radius 3 is 2.48 bits per heavy atom. The third-order valence-corrected chi connectivity index (χ3v) is 2.89. The summed E-state index contributed by atoms with van der Waals surface area (Å²) in [6, 6.07) is 2.78. The van der Waals surface area contributed by atoms with Gasteiger partial charge in [-0.3, -0.25) is 14.4 Å². The van der Waals surface area contributed by atoms with E-state index in [9.17, 15) is 24.5 Å². The molecular formula is C13H14N2O6. The minimum Gasteiger partial charge on any atom is -0.340 e. The van der Waals surface area contributed by atoms with Crippen molar-refractivity contribution in [2.75, 3.05) is 20.2 Å². The molecule has 0 heterocycles. The molecule has 0 N–H and O–H groups in total. The van der Waals surface area contributed by atoms with Gasteiger partial charge in [0.25, 0.3) is 11.0 Å². The van der Waals surface area contributed by atoms with Gasteiger partial charge in [-0.2, -0.15) is 0 Å². The fourth-order valence-electron chi connectivity index (χ4n) is 1.71. The van der Waals surface area contributed by atoms with Crippen LogP contribution >= 0.6 is 0 Å². The molecule has 0 radical (unpaired) electrons. The van der Waals surface area contributed by atoms with E-state index >= 15 is 0 Å². The minimum atomic E-state index is -0.946. The van der Waals surface area contributed by atoms with Crippen molar-refractivity contribution in [2.45, 2.75) is 6.92 Å². The van der Waals surface area contributed by atoms with Crippen LogP contribution in [-0.4, -0.2) is 48.7 Å². The predicted molar refractivity (Wildman–Crippen MR) is 71.9 cm³/mol. The third-order valence-electron chi connectivity index (χ3n) is 2.89. The van der Waals surface area contributed by atoms with E-state index in [0.29, 0.717) is 23.7 Å². The van der Waals surface area contributed by atoms with E-state index in [1.54, 1.807) is 6.92 Å². The van der Waals surface area contributed by atoms with Crippen LogP contribution in [0.3, 0.4) is 0 Å². The van der Waals surface area contributed by atoms with Crippen LogP contribution < -0.4 is 0 Å². The van der Waals surface area contributed by atoms with Gasteiger partial charge in [0, 0.05) is 24.7 Å². The summed E-state index contributed by atoms with van der Waals surface area (Å²) in [7, 11) is 1.43. The highest BCUT2D eigenvalue weighted by atomic mass is 16.9. The van der Waals surface area contributed by atoms with Gasteiger partial charge < -0.3 is 9.74 Å². The van der Waals surface area contributed by atoms with Crippen LogP contribution in [0.4, 0.5) is 0 Å². The van der Waals surface area contributed by atoms with Crippen LogP contribution in [0.25, 0.3) is 0 Å². The maximum atomic E-state index is 12.2. The Balaban J connectivity index is 2.95. The summed E-state index contributed by atoms with van der Waals surface area (Å²) in [5.41, 5.74) is 1.12. The monoisotopic (exact) mass is 294 g/mol. The maximum absolute atomic E-state index is 12.2. The number of benzene rings is 1. The Hall–Kier alpha value is -2.77. The molecule has 112 valence electrons. The number of likely N-dealkylation sites (N-methyl/N-ethyl adjacent to an activating group) is 1. The molecule has 0 aliphatic carbocycles. The van der Waals surface area contributed by atoms with Crippen LogP contribution in [0.2, 0.25) is 0 Å². The number of nitrogens with zero attached hydrogens (tertiary/aromatic N) is 2. The van der Waals surface area contributed by atoms with Gasteiger partial charge in [0.15, 0.2) is 6.29 Å². The first-order chi connectivity index (χ1) is 9.90. The Morgan fingerprint density at radius 2 is 1.95 bits per heavy atom. The van der Waals surface area contributed by atoms with E-state index in [2.05, 4.69) is 4.84 Å². The summed E-state index contributed by atoms with van der Waals surface area (Å²) in [4.78, 5) is 49.4. The lowest BCUT2D eigenvalue weighted by molar-refractivity contribution is -0.757. The SMILES string of the molecule is Cc1cc(C(=O)N(C)CCO[N+](=O)[O-])c(C=O)cc1C=O. The van der Waals surface area contributed by atoms with E-state index in [1.807, 2.05) is 0 Å². The lowest BCUT2D eigenvalue weighted by Gasteiger charge is -2.18. The molecule has 21 heavy (non-hydrogen) atoms. The van der Waals surface area contributed by atoms with E-state index in [-0.39, 0.29) is 24.3 Å². The molecule has 0 bridgehead atoms. The topological polar surface area (TPSA) is 107 Å². The van der Waals surface area contributed by atoms with Crippen molar-refractivity contribution < 1.29 is 24.3 Å². The van der Waals surface area contributed by atoms with E-state index < -0.39 is 11.0 Å². The lowest BCUT2D eigenvalue weighted by atomic mass is 9.99. The molecule has 0 saturated carbocycles. The standard InChI is InChI=1S/C13H14N2O6/c1-9-5-12(11(8-17)6-10(9)7-16)13(18)14(2)3-4-21-15(19)20/h5-8H,3-4H2,1-2H3. The van der Waals surface area contributed by atoms with Crippen molar-refractivity contribution in [3.63, 3.8) is 0 Å². The molecule has 1 rings (SSSR count). The van der Waals surface area contributed by atoms with Gasteiger partial charge in [-0.05, 0) is 24.6 Å². The number of hydrogen-bond acceptors (Lipinski definition) is 6. The zero-order chi connectivity index (χ0) is 16.0. The minimum absolute atomic E-state index is 0.00735. The number of carbonyl (C=O) groups excluding carboxylic acids is 3. The molecule has 1 amide bonds. The molecule has 0 atom stereocenters. The lowest BCUT2D eigenvalue weighted by Crippen LogP contribution is -2.31. The number of aldehydes is 2. The zero-order valence-corrected chi connectivity index (χ0v) is 11.6. The summed E-state index contributed by atoms with van der Waals surface area (Å²) in [6.45, 7) is 1.37. The maximum Gasteiger partial charge on any atom is 0.294 e. The highest BCUT2D eigenvalue weighted by Gasteiger charge is 2.17. The number of aryl methyl sites for hydroxylation is 1. The molecule has 0 aromatic heterocycles. The first-order valence-corrected chi connectivity index (χ1v) is 5.98. The highest BCUT2D eigenvalue weighted by molar-refractivity contribution is 6.02. The Bertz CT molecular complexity index is 584. The number of hydrogen-bond donors (Lipinski definition) is 0. The summed E-state index contributed by atoms with van der Waals surface area (Å²) in [5.74, 6) is -0.482. The molecule has 1 aromatic carbocycles. The third kappa shape index (κ3) is 4.10. The van der Waals surface area contributed by atoms with E-state index in [0.717, 1.165) is 0 Å². The van der Waals surface area contributed by atoms with E-state index in [4.69, 9.17) is 0 Å². The molecule has 0 fully saturated rings. The fourth-order valence-corrected chi connectivity index (χ4v) is 1.71. The second kappa shape index (κ2) is 7.13. The molecule has 0 aliphatic heterocycles. The molecular weight excluding hydrogens is 280 g/mol. The highest BCUT2D eigenvalue weighted by Crippen LogP contribution is 2.16. The van der Waals surface area contributed by atoms with Gasteiger partial charge in [-0.1, -0.05) is 0 Å². The van der Waals surface area contributed by atoms with Crippen molar-refractivity contribution in [3.8, 4) is 0 Å². The molecule has 1 aromatic rings. The summed E-state index contributed by atoms with van der Waals surface area (Å²) in [6.07, 6.45) is 1.09. The van der Waals surface area contributed by atoms with E-state index in [1.165, 1.54) is 24.1 Å². The van der Waals surface area contributed by atoms with Crippen molar-refractivity contribution in [1.82, 2.24) is 4.90 Å². The number of rotatable bonds is 7.